The predicted molar refractivity (Wildman–Crippen MR) is 134 cm³/mol. The van der Waals surface area contributed by atoms with Crippen LogP contribution in [0.15, 0.2) is 49.1 Å². The van der Waals surface area contributed by atoms with Crippen molar-refractivity contribution in [3.8, 4) is 28.5 Å². The number of nitrogens with zero attached hydrogens (tertiary/aromatic N) is 2. The number of ether oxygens (including phenoxy) is 2. The molecule has 188 valence electrons. The maximum atomic E-state index is 13.7. The van der Waals surface area contributed by atoms with E-state index < -0.39 is 21.9 Å². The van der Waals surface area contributed by atoms with Gasteiger partial charge in [-0.05, 0) is 43.2 Å². The summed E-state index contributed by atoms with van der Waals surface area (Å²) in [4.78, 5) is 15.3. The molecule has 2 aliphatic heterocycles. The highest BCUT2D eigenvalue weighted by Gasteiger charge is 2.48. The molecule has 10 heteroatoms. The summed E-state index contributed by atoms with van der Waals surface area (Å²) in [5, 5.41) is 17.9. The number of aromatic nitrogens is 2. The molecule has 2 unspecified atom stereocenters. The number of aromatic hydroxyl groups is 1. The van der Waals surface area contributed by atoms with Gasteiger partial charge in [0, 0.05) is 17.2 Å². The van der Waals surface area contributed by atoms with Crippen molar-refractivity contribution in [3.05, 3.63) is 71.4 Å². The molecule has 0 aliphatic carbocycles. The number of aromatic amines is 1. The van der Waals surface area contributed by atoms with Crippen LogP contribution in [0.4, 0.5) is 0 Å². The Morgan fingerprint density at radius 2 is 2.06 bits per heavy atom. The Hall–Kier alpha value is -3.79. The summed E-state index contributed by atoms with van der Waals surface area (Å²) in [7, 11) is -1.72. The van der Waals surface area contributed by atoms with Crippen LogP contribution in [0.3, 0.4) is 0 Å². The molecule has 1 saturated heterocycles. The van der Waals surface area contributed by atoms with Gasteiger partial charge < -0.3 is 19.5 Å². The molecule has 3 heterocycles. The smallest absolute Gasteiger partial charge is 0.273 e. The normalized spacial score (nSPS) is 20.4. The molecule has 2 N–H and O–H groups in total. The molecular weight excluding hydrogens is 482 g/mol. The monoisotopic (exact) mass is 509 g/mol. The number of hydrogen-bond donors (Lipinski definition) is 2. The number of rotatable bonds is 7. The van der Waals surface area contributed by atoms with Crippen molar-refractivity contribution < 1.29 is 27.8 Å². The molecule has 2 aliphatic rings. The number of aryl methyl sites for hydroxylation is 1. The van der Waals surface area contributed by atoms with Crippen LogP contribution in [0.1, 0.15) is 39.6 Å². The number of carbonyl (C=O) groups excluding carboxylic acids is 1. The van der Waals surface area contributed by atoms with E-state index >= 15 is 0 Å². The molecule has 1 aromatic heterocycles. The van der Waals surface area contributed by atoms with Gasteiger partial charge in [-0.1, -0.05) is 30.4 Å². The Bertz CT molecular complexity index is 1460. The van der Waals surface area contributed by atoms with Crippen molar-refractivity contribution in [2.45, 2.75) is 25.4 Å². The fraction of sp³-hybridized carbons (Fsp3) is 0.308. The van der Waals surface area contributed by atoms with Crippen LogP contribution < -0.4 is 9.47 Å². The molecule has 36 heavy (non-hydrogen) atoms. The van der Waals surface area contributed by atoms with Gasteiger partial charge in [-0.3, -0.25) is 9.89 Å². The lowest BCUT2D eigenvalue weighted by Crippen LogP contribution is -2.40. The third-order valence-electron chi connectivity index (χ3n) is 6.67. The number of phenolic OH excluding ortho intramolecular Hbond substituents is 1. The lowest BCUT2D eigenvalue weighted by atomic mass is 9.94. The van der Waals surface area contributed by atoms with Crippen molar-refractivity contribution >= 4 is 15.7 Å². The zero-order valence-electron chi connectivity index (χ0n) is 20.0. The van der Waals surface area contributed by atoms with Gasteiger partial charge in [-0.25, -0.2) is 8.42 Å². The van der Waals surface area contributed by atoms with Gasteiger partial charge in [0.25, 0.3) is 5.91 Å². The van der Waals surface area contributed by atoms with Gasteiger partial charge in [0.1, 0.15) is 23.7 Å². The predicted octanol–water partition coefficient (Wildman–Crippen LogP) is 3.40. The number of methoxy groups -OCH3 is 1. The molecule has 0 saturated carbocycles. The lowest BCUT2D eigenvalue weighted by molar-refractivity contribution is 0.0677. The average Bonchev–Trinajstić information content (AvgIpc) is 3.52. The van der Waals surface area contributed by atoms with E-state index in [-0.39, 0.29) is 28.9 Å². The third-order valence-corrected chi connectivity index (χ3v) is 8.42. The van der Waals surface area contributed by atoms with E-state index in [9.17, 15) is 18.3 Å². The number of sulfone groups is 1. The second kappa shape index (κ2) is 9.02. The minimum absolute atomic E-state index is 0.0313. The van der Waals surface area contributed by atoms with Gasteiger partial charge in [-0.2, -0.15) is 5.10 Å². The molecule has 0 spiro atoms. The highest BCUT2D eigenvalue weighted by molar-refractivity contribution is 7.91. The Kier molecular flexibility index (Phi) is 5.99. The molecule has 0 bridgehead atoms. The van der Waals surface area contributed by atoms with E-state index in [1.807, 2.05) is 19.1 Å². The summed E-state index contributed by atoms with van der Waals surface area (Å²) in [5.74, 6) is 0.629. The Labute approximate surface area is 209 Å². The van der Waals surface area contributed by atoms with E-state index in [1.54, 1.807) is 35.2 Å². The topological polar surface area (TPSA) is 122 Å². The summed E-state index contributed by atoms with van der Waals surface area (Å²) in [6.07, 6.45) is 1.98. The average molecular weight is 510 g/mol. The van der Waals surface area contributed by atoms with Gasteiger partial charge in [0.2, 0.25) is 0 Å². The fourth-order valence-corrected chi connectivity index (χ4v) is 6.74. The van der Waals surface area contributed by atoms with Crippen LogP contribution in [-0.4, -0.2) is 65.8 Å². The second-order valence-electron chi connectivity index (χ2n) is 9.06. The van der Waals surface area contributed by atoms with Crippen LogP contribution in [0.25, 0.3) is 11.3 Å². The molecule has 2 atom stereocenters. The number of amides is 1. The highest BCUT2D eigenvalue weighted by Crippen LogP contribution is 2.47. The van der Waals surface area contributed by atoms with E-state index in [0.29, 0.717) is 46.9 Å². The van der Waals surface area contributed by atoms with Crippen LogP contribution in [-0.2, 0) is 9.84 Å². The van der Waals surface area contributed by atoms with Crippen molar-refractivity contribution in [1.82, 2.24) is 15.1 Å². The SMILES string of the molecule is C=CCOc1ccc(C2c3c(-c4cc(C)ccc4O)n[nH]c3C(=O)N2C2CCS(=O)(=O)C2)cc1OC. The molecule has 2 aromatic carbocycles. The summed E-state index contributed by atoms with van der Waals surface area (Å²) < 4.78 is 35.9. The quantitative estimate of drug-likeness (QED) is 0.468. The first-order valence-corrected chi connectivity index (χ1v) is 13.4. The van der Waals surface area contributed by atoms with Crippen LogP contribution in [0.5, 0.6) is 17.2 Å². The molecule has 5 rings (SSSR count). The van der Waals surface area contributed by atoms with Crippen LogP contribution >= 0.6 is 0 Å². The maximum absolute atomic E-state index is 13.7. The number of carbonyl (C=O) groups is 1. The second-order valence-corrected chi connectivity index (χ2v) is 11.3. The molecule has 9 nitrogen and oxygen atoms in total. The first kappa shape index (κ1) is 23.9. The van der Waals surface area contributed by atoms with Gasteiger partial charge in [-0.15, -0.1) is 0 Å². The first-order chi connectivity index (χ1) is 17.2. The largest absolute Gasteiger partial charge is 0.507 e. The van der Waals surface area contributed by atoms with Crippen molar-refractivity contribution in [2.75, 3.05) is 25.2 Å². The Morgan fingerprint density at radius 1 is 1.25 bits per heavy atom. The van der Waals surface area contributed by atoms with Gasteiger partial charge in [0.05, 0.1) is 24.7 Å². The number of fused-ring (bicyclic) bond motifs is 1. The first-order valence-electron chi connectivity index (χ1n) is 11.6. The van der Waals surface area contributed by atoms with E-state index in [4.69, 9.17) is 9.47 Å². The van der Waals surface area contributed by atoms with Crippen molar-refractivity contribution in [1.29, 1.82) is 0 Å². The summed E-state index contributed by atoms with van der Waals surface area (Å²) in [6.45, 7) is 5.87. The van der Waals surface area contributed by atoms with E-state index in [0.717, 1.165) is 5.56 Å². The summed E-state index contributed by atoms with van der Waals surface area (Å²) >= 11 is 0. The van der Waals surface area contributed by atoms with E-state index in [1.165, 1.54) is 7.11 Å². The zero-order chi connectivity index (χ0) is 25.6. The Balaban J connectivity index is 1.68. The number of H-pyrrole nitrogens is 1. The number of nitrogens with one attached hydrogen (secondary N) is 1. The molecule has 3 aromatic rings. The minimum atomic E-state index is -3.25. The molecular formula is C26H27N3O6S. The third kappa shape index (κ3) is 4.01. The molecule has 0 radical (unpaired) electrons. The van der Waals surface area contributed by atoms with Gasteiger partial charge >= 0.3 is 0 Å². The highest BCUT2D eigenvalue weighted by atomic mass is 32.2. The minimum Gasteiger partial charge on any atom is -0.507 e. The summed E-state index contributed by atoms with van der Waals surface area (Å²) in [5.41, 5.74) is 3.44. The lowest BCUT2D eigenvalue weighted by Gasteiger charge is -2.31. The fourth-order valence-electron chi connectivity index (χ4n) is 5.03. The summed E-state index contributed by atoms with van der Waals surface area (Å²) in [6, 6.07) is 9.43. The van der Waals surface area contributed by atoms with Crippen molar-refractivity contribution in [2.24, 2.45) is 0 Å². The molecule has 1 fully saturated rings. The van der Waals surface area contributed by atoms with Crippen LogP contribution in [0.2, 0.25) is 0 Å². The standard InChI is InChI=1S/C26H27N3O6S/c1-4-10-35-20-8-6-16(13-21(20)34-3)25-22-23(18-12-15(2)5-7-19(18)30)27-28-24(22)26(31)29(25)17-9-11-36(32,33)14-17/h4-8,12-13,17,25,30H,1,9-11,14H2,2-3H3,(H,27,28). The molecule has 1 amide bonds. The Morgan fingerprint density at radius 3 is 2.75 bits per heavy atom. The number of phenols is 1. The van der Waals surface area contributed by atoms with E-state index in [2.05, 4.69) is 16.8 Å². The number of hydrogen-bond acceptors (Lipinski definition) is 7. The maximum Gasteiger partial charge on any atom is 0.273 e. The zero-order valence-corrected chi connectivity index (χ0v) is 20.8. The van der Waals surface area contributed by atoms with Crippen LogP contribution in [0, 0.1) is 6.92 Å². The number of benzene rings is 2. The van der Waals surface area contributed by atoms with Gasteiger partial charge in [0.15, 0.2) is 21.3 Å². The van der Waals surface area contributed by atoms with Crippen molar-refractivity contribution in [3.63, 3.8) is 0 Å².